The van der Waals surface area contributed by atoms with Crippen LogP contribution in [0.15, 0.2) is 65.6 Å². The molecule has 3 nitrogen and oxygen atoms in total. The minimum Gasteiger partial charge on any atom is -0.402 e. The second-order valence-electron chi connectivity index (χ2n) is 4.42. The van der Waals surface area contributed by atoms with Crippen molar-refractivity contribution in [3.63, 3.8) is 0 Å². The fraction of sp³-hybridized carbons (Fsp3) is 0.125. The van der Waals surface area contributed by atoms with Crippen LogP contribution in [0.5, 0.6) is 0 Å². The molecule has 0 saturated heterocycles. The Labute approximate surface area is 117 Å². The smallest absolute Gasteiger partial charge is 0.128 e. The van der Waals surface area contributed by atoms with E-state index < -0.39 is 0 Å². The van der Waals surface area contributed by atoms with Crippen molar-refractivity contribution < 1.29 is 4.39 Å². The maximum Gasteiger partial charge on any atom is 0.128 e. The molecule has 0 bridgehead atoms. The third kappa shape index (κ3) is 3.75. The average Bonchev–Trinajstić information content (AvgIpc) is 2.45. The third-order valence-electron chi connectivity index (χ3n) is 2.70. The van der Waals surface area contributed by atoms with Gasteiger partial charge in [0.05, 0.1) is 12.3 Å². The molecule has 0 aliphatic heterocycles. The van der Waals surface area contributed by atoms with Crippen LogP contribution in [0.25, 0.3) is 0 Å². The molecule has 1 aromatic heterocycles. The summed E-state index contributed by atoms with van der Waals surface area (Å²) in [5, 5.41) is 0. The molecular formula is C16H16FN3. The number of rotatable bonds is 4. The number of hydrogen-bond acceptors (Lipinski definition) is 3. The number of nitrogens with zero attached hydrogens (tertiary/aromatic N) is 2. The molecule has 0 spiro atoms. The third-order valence-corrected chi connectivity index (χ3v) is 2.70. The van der Waals surface area contributed by atoms with Crippen LogP contribution in [-0.2, 0) is 6.54 Å². The van der Waals surface area contributed by atoms with E-state index in [0.717, 1.165) is 5.56 Å². The first-order valence-corrected chi connectivity index (χ1v) is 6.29. The zero-order valence-electron chi connectivity index (χ0n) is 11.3. The molecule has 2 aromatic rings. The molecule has 0 fully saturated rings. The van der Waals surface area contributed by atoms with E-state index in [1.54, 1.807) is 43.6 Å². The summed E-state index contributed by atoms with van der Waals surface area (Å²) in [6.07, 6.45) is 5.16. The number of aliphatic imine (C=N–C) groups is 1. The van der Waals surface area contributed by atoms with E-state index in [4.69, 9.17) is 5.73 Å². The first-order valence-electron chi connectivity index (χ1n) is 6.29. The van der Waals surface area contributed by atoms with Crippen molar-refractivity contribution in [2.45, 2.75) is 13.5 Å². The molecule has 2 rings (SSSR count). The maximum atomic E-state index is 13.6. The first-order chi connectivity index (χ1) is 9.66. The van der Waals surface area contributed by atoms with Crippen LogP contribution in [0.4, 0.5) is 4.39 Å². The minimum absolute atomic E-state index is 0.254. The van der Waals surface area contributed by atoms with E-state index in [1.165, 1.54) is 6.07 Å². The highest BCUT2D eigenvalue weighted by molar-refractivity contribution is 6.08. The summed E-state index contributed by atoms with van der Waals surface area (Å²) in [5.74, 6) is -0.254. The van der Waals surface area contributed by atoms with Gasteiger partial charge in [-0.25, -0.2) is 4.39 Å². The molecule has 1 heterocycles. The molecule has 0 radical (unpaired) electrons. The van der Waals surface area contributed by atoms with Gasteiger partial charge in [0.15, 0.2) is 0 Å². The molecule has 0 unspecified atom stereocenters. The van der Waals surface area contributed by atoms with E-state index in [0.29, 0.717) is 17.0 Å². The van der Waals surface area contributed by atoms with Crippen LogP contribution in [0.2, 0.25) is 0 Å². The monoisotopic (exact) mass is 269 g/mol. The van der Waals surface area contributed by atoms with E-state index in [2.05, 4.69) is 9.98 Å². The largest absolute Gasteiger partial charge is 0.402 e. The summed E-state index contributed by atoms with van der Waals surface area (Å²) in [7, 11) is 0. The lowest BCUT2D eigenvalue weighted by molar-refractivity contribution is 0.611. The van der Waals surface area contributed by atoms with Gasteiger partial charge < -0.3 is 5.73 Å². The number of hydrogen-bond donors (Lipinski definition) is 1. The second-order valence-corrected chi connectivity index (χ2v) is 4.42. The Bertz CT molecular complexity index is 629. The van der Waals surface area contributed by atoms with Gasteiger partial charge >= 0.3 is 0 Å². The molecule has 1 aromatic carbocycles. The van der Waals surface area contributed by atoms with Crippen LogP contribution in [0.3, 0.4) is 0 Å². The summed E-state index contributed by atoms with van der Waals surface area (Å²) in [5.41, 5.74) is 8.46. The average molecular weight is 269 g/mol. The van der Waals surface area contributed by atoms with Crippen LogP contribution in [0.1, 0.15) is 18.1 Å². The number of allylic oxidation sites excluding steroid dienone is 2. The number of pyridine rings is 1. The minimum atomic E-state index is -0.254. The van der Waals surface area contributed by atoms with Gasteiger partial charge in [0.2, 0.25) is 0 Å². The molecule has 0 aliphatic carbocycles. The molecule has 0 atom stereocenters. The van der Waals surface area contributed by atoms with Crippen molar-refractivity contribution >= 4 is 5.71 Å². The van der Waals surface area contributed by atoms with Crippen LogP contribution in [0, 0.1) is 5.82 Å². The number of benzene rings is 1. The van der Waals surface area contributed by atoms with Gasteiger partial charge in [0.25, 0.3) is 0 Å². The van der Waals surface area contributed by atoms with Crippen molar-refractivity contribution in [1.29, 1.82) is 0 Å². The Hall–Kier alpha value is -2.49. The van der Waals surface area contributed by atoms with E-state index in [9.17, 15) is 4.39 Å². The second kappa shape index (κ2) is 6.61. The summed E-state index contributed by atoms with van der Waals surface area (Å²) in [4.78, 5) is 8.51. The fourth-order valence-electron chi connectivity index (χ4n) is 1.75. The zero-order chi connectivity index (χ0) is 14.4. The molecule has 0 aliphatic rings. The van der Waals surface area contributed by atoms with E-state index >= 15 is 0 Å². The zero-order valence-corrected chi connectivity index (χ0v) is 11.3. The standard InChI is InChI=1S/C16H16FN3/c1-12(18)9-16(14-6-4-8-19-10-14)20-11-13-5-2-3-7-15(13)17/h2-10H,11,18H2,1H3. The number of nitrogens with two attached hydrogens (primary N) is 1. The summed E-state index contributed by atoms with van der Waals surface area (Å²) in [6, 6.07) is 10.3. The summed E-state index contributed by atoms with van der Waals surface area (Å²) < 4.78 is 13.6. The van der Waals surface area contributed by atoms with Crippen molar-refractivity contribution in [3.8, 4) is 0 Å². The lowest BCUT2D eigenvalue weighted by atomic mass is 10.1. The predicted molar refractivity (Wildman–Crippen MR) is 78.8 cm³/mol. The number of halogens is 1. The van der Waals surface area contributed by atoms with Gasteiger partial charge in [0.1, 0.15) is 5.82 Å². The highest BCUT2D eigenvalue weighted by Crippen LogP contribution is 2.10. The molecule has 102 valence electrons. The molecule has 2 N–H and O–H groups in total. The first kappa shape index (κ1) is 13.9. The predicted octanol–water partition coefficient (Wildman–Crippen LogP) is 3.07. The van der Waals surface area contributed by atoms with Gasteiger partial charge in [-0.05, 0) is 31.2 Å². The summed E-state index contributed by atoms with van der Waals surface area (Å²) in [6.45, 7) is 2.05. The molecule has 20 heavy (non-hydrogen) atoms. The molecule has 0 saturated carbocycles. The van der Waals surface area contributed by atoms with Gasteiger partial charge in [-0.2, -0.15) is 0 Å². The quantitative estimate of drug-likeness (QED) is 0.867. The Morgan fingerprint density at radius 3 is 2.75 bits per heavy atom. The Morgan fingerprint density at radius 1 is 1.30 bits per heavy atom. The SMILES string of the molecule is CC(N)=CC(=NCc1ccccc1F)c1cccnc1. The van der Waals surface area contributed by atoms with Crippen molar-refractivity contribution in [2.75, 3.05) is 0 Å². The van der Waals surface area contributed by atoms with Gasteiger partial charge in [-0.15, -0.1) is 0 Å². The van der Waals surface area contributed by atoms with Crippen LogP contribution < -0.4 is 5.73 Å². The molecule has 4 heteroatoms. The van der Waals surface area contributed by atoms with Crippen LogP contribution in [-0.4, -0.2) is 10.7 Å². The van der Waals surface area contributed by atoms with Crippen molar-refractivity contribution in [3.05, 3.63) is 77.5 Å². The maximum absolute atomic E-state index is 13.6. The van der Waals surface area contributed by atoms with E-state index in [-0.39, 0.29) is 12.4 Å². The van der Waals surface area contributed by atoms with Crippen molar-refractivity contribution in [2.24, 2.45) is 10.7 Å². The van der Waals surface area contributed by atoms with Gasteiger partial charge in [-0.3, -0.25) is 9.98 Å². The summed E-state index contributed by atoms with van der Waals surface area (Å²) >= 11 is 0. The topological polar surface area (TPSA) is 51.3 Å². The van der Waals surface area contributed by atoms with Crippen LogP contribution >= 0.6 is 0 Å². The normalized spacial score (nSPS) is 12.5. The van der Waals surface area contributed by atoms with Gasteiger partial charge in [-0.1, -0.05) is 18.2 Å². The van der Waals surface area contributed by atoms with Gasteiger partial charge in [0, 0.05) is 29.2 Å². The lowest BCUT2D eigenvalue weighted by Gasteiger charge is -2.04. The van der Waals surface area contributed by atoms with Crippen molar-refractivity contribution in [1.82, 2.24) is 4.98 Å². The Balaban J connectivity index is 2.31. The lowest BCUT2D eigenvalue weighted by Crippen LogP contribution is -2.03. The molecular weight excluding hydrogens is 253 g/mol. The van der Waals surface area contributed by atoms with E-state index in [1.807, 2.05) is 12.1 Å². The Morgan fingerprint density at radius 2 is 2.10 bits per heavy atom. The highest BCUT2D eigenvalue weighted by Gasteiger charge is 2.03. The Kier molecular flexibility index (Phi) is 4.60. The highest BCUT2D eigenvalue weighted by atomic mass is 19.1. The number of aromatic nitrogens is 1. The fourth-order valence-corrected chi connectivity index (χ4v) is 1.75. The molecule has 0 amide bonds.